The standard InChI is InChI=1S/C36H40F2N8O6/c1-19(42-35(50)51-4)32(47)45-17-24(37)13-28(45)30-40-15-26(43-30)22-9-5-20(6-10-22)21-7-11-23(12-8-21)27-16-41-31(44-27)29-14-25(38)18-46(29)33(48)36(2,3)52-34(39)49/h5-12,15-16,19,24-25,28-29H,13-14,17-18H2,1-4H3,(H2,39,49)(H,40,43)(H,41,44)(H,42,50)/t19-,24+,25+,28-,29-/m0/s1. The number of aromatic nitrogens is 4. The number of H-pyrrole nitrogens is 2. The minimum atomic E-state index is -1.57. The lowest BCUT2D eigenvalue weighted by Gasteiger charge is -2.31. The first-order valence-electron chi connectivity index (χ1n) is 16.8. The number of carbonyl (C=O) groups excluding carboxylic acids is 4. The van der Waals surface area contributed by atoms with Gasteiger partial charge in [0.15, 0.2) is 5.60 Å². The number of primary amides is 1. The molecule has 4 heterocycles. The summed E-state index contributed by atoms with van der Waals surface area (Å²) in [5.41, 5.74) is 8.54. The fourth-order valence-corrected chi connectivity index (χ4v) is 6.73. The molecule has 16 heteroatoms. The zero-order valence-electron chi connectivity index (χ0n) is 29.1. The number of likely N-dealkylation sites (tertiary alicyclic amines) is 2. The van der Waals surface area contributed by atoms with Crippen LogP contribution in [0.1, 0.15) is 57.3 Å². The maximum absolute atomic E-state index is 14.5. The molecule has 0 aliphatic carbocycles. The lowest BCUT2D eigenvalue weighted by molar-refractivity contribution is -0.149. The van der Waals surface area contributed by atoms with E-state index < -0.39 is 60.1 Å². The summed E-state index contributed by atoms with van der Waals surface area (Å²) in [6, 6.07) is 13.4. The number of methoxy groups -OCH3 is 1. The minimum absolute atomic E-state index is 0.0480. The molecule has 0 radical (unpaired) electrons. The SMILES string of the molecule is COC(=O)N[C@@H](C)C(=O)N1C[C@H](F)C[C@H]1c1ncc(-c2ccc(-c3ccc(-c4cnc([C@@H]5C[C@@H](F)CN5C(=O)C(C)(C)OC(N)=O)[nH]4)cc3)cc2)[nH]1. The van der Waals surface area contributed by atoms with E-state index in [1.807, 2.05) is 48.5 Å². The van der Waals surface area contributed by atoms with Crippen molar-refractivity contribution < 1.29 is 37.4 Å². The van der Waals surface area contributed by atoms with Crippen molar-refractivity contribution in [3.63, 3.8) is 0 Å². The van der Waals surface area contributed by atoms with Gasteiger partial charge in [-0.3, -0.25) is 9.59 Å². The van der Waals surface area contributed by atoms with Crippen LogP contribution in [0.3, 0.4) is 0 Å². The number of nitrogens with zero attached hydrogens (tertiary/aromatic N) is 4. The van der Waals surface area contributed by atoms with Crippen molar-refractivity contribution in [1.82, 2.24) is 35.1 Å². The Labute approximate surface area is 298 Å². The third-order valence-corrected chi connectivity index (χ3v) is 9.35. The molecule has 274 valence electrons. The smallest absolute Gasteiger partial charge is 0.407 e. The Morgan fingerprint density at radius 3 is 1.73 bits per heavy atom. The van der Waals surface area contributed by atoms with Crippen LogP contribution in [-0.2, 0) is 19.1 Å². The average Bonchev–Trinajstić information content (AvgIpc) is 3.93. The number of alkyl carbamates (subject to hydrolysis) is 1. The largest absolute Gasteiger partial charge is 0.453 e. The van der Waals surface area contributed by atoms with Crippen molar-refractivity contribution in [2.24, 2.45) is 5.73 Å². The van der Waals surface area contributed by atoms with Crippen LogP contribution in [0.15, 0.2) is 60.9 Å². The molecule has 14 nitrogen and oxygen atoms in total. The highest BCUT2D eigenvalue weighted by Gasteiger charge is 2.45. The molecule has 5 atom stereocenters. The molecule has 5 N–H and O–H groups in total. The molecule has 4 amide bonds. The van der Waals surface area contributed by atoms with Gasteiger partial charge in [-0.2, -0.15) is 0 Å². The Morgan fingerprint density at radius 1 is 0.827 bits per heavy atom. The molecule has 2 aliphatic rings. The highest BCUT2D eigenvalue weighted by molar-refractivity contribution is 5.87. The van der Waals surface area contributed by atoms with Gasteiger partial charge in [0.1, 0.15) is 30.0 Å². The van der Waals surface area contributed by atoms with Crippen molar-refractivity contribution >= 4 is 24.0 Å². The highest BCUT2D eigenvalue weighted by Crippen LogP contribution is 2.37. The molecular formula is C36H40F2N8O6. The predicted octanol–water partition coefficient (Wildman–Crippen LogP) is 4.98. The summed E-state index contributed by atoms with van der Waals surface area (Å²) < 4.78 is 38.6. The second-order valence-corrected chi connectivity index (χ2v) is 13.5. The van der Waals surface area contributed by atoms with Gasteiger partial charge in [-0.25, -0.2) is 28.3 Å². The molecule has 2 aromatic heterocycles. The average molecular weight is 719 g/mol. The van der Waals surface area contributed by atoms with Crippen molar-refractivity contribution in [2.45, 2.75) is 69.7 Å². The first kappa shape index (κ1) is 36.0. The number of halogens is 2. The molecule has 6 rings (SSSR count). The van der Waals surface area contributed by atoms with Crippen LogP contribution in [0, 0.1) is 0 Å². The van der Waals surface area contributed by atoms with Crippen LogP contribution in [0.25, 0.3) is 33.6 Å². The molecule has 2 aromatic carbocycles. The summed E-state index contributed by atoms with van der Waals surface area (Å²) in [5, 5.41) is 2.43. The predicted molar refractivity (Wildman–Crippen MR) is 185 cm³/mol. The van der Waals surface area contributed by atoms with Crippen LogP contribution in [-0.4, -0.2) is 97.9 Å². The van der Waals surface area contributed by atoms with E-state index in [0.29, 0.717) is 23.0 Å². The van der Waals surface area contributed by atoms with E-state index >= 15 is 0 Å². The van der Waals surface area contributed by atoms with Gasteiger partial charge in [0.05, 0.1) is 56.1 Å². The highest BCUT2D eigenvalue weighted by atomic mass is 19.1. The lowest BCUT2D eigenvalue weighted by atomic mass is 10.0. The summed E-state index contributed by atoms with van der Waals surface area (Å²) in [6.45, 7) is 4.08. The second-order valence-electron chi connectivity index (χ2n) is 13.5. The normalized spacial score (nSPS) is 20.8. The summed E-state index contributed by atoms with van der Waals surface area (Å²) >= 11 is 0. The quantitative estimate of drug-likeness (QED) is 0.187. The van der Waals surface area contributed by atoms with E-state index in [9.17, 15) is 28.0 Å². The fraction of sp³-hybridized carbons (Fsp3) is 0.389. The monoisotopic (exact) mass is 718 g/mol. The van der Waals surface area contributed by atoms with Crippen LogP contribution in [0.2, 0.25) is 0 Å². The van der Waals surface area contributed by atoms with Crippen LogP contribution in [0.4, 0.5) is 18.4 Å². The number of nitrogens with two attached hydrogens (primary N) is 1. The van der Waals surface area contributed by atoms with Gasteiger partial charge >= 0.3 is 12.2 Å². The van der Waals surface area contributed by atoms with E-state index in [1.165, 1.54) is 37.7 Å². The van der Waals surface area contributed by atoms with Gasteiger partial charge in [-0.15, -0.1) is 0 Å². The maximum atomic E-state index is 14.5. The number of ether oxygens (including phenoxy) is 2. The van der Waals surface area contributed by atoms with Gasteiger partial charge in [-0.1, -0.05) is 48.5 Å². The van der Waals surface area contributed by atoms with E-state index in [4.69, 9.17) is 10.5 Å². The number of hydrogen-bond acceptors (Lipinski definition) is 8. The van der Waals surface area contributed by atoms with Crippen LogP contribution in [0.5, 0.6) is 0 Å². The summed E-state index contributed by atoms with van der Waals surface area (Å²) in [7, 11) is 1.20. The Bertz CT molecular complexity index is 1950. The Balaban J connectivity index is 1.12. The summed E-state index contributed by atoms with van der Waals surface area (Å²) in [4.78, 5) is 67.2. The number of imidazole rings is 2. The van der Waals surface area contributed by atoms with Gasteiger partial charge in [0.25, 0.3) is 5.91 Å². The molecule has 0 saturated carbocycles. The minimum Gasteiger partial charge on any atom is -0.453 e. The van der Waals surface area contributed by atoms with Crippen molar-refractivity contribution in [3.05, 3.63) is 72.6 Å². The second kappa shape index (κ2) is 14.4. The zero-order chi connectivity index (χ0) is 37.3. The fourth-order valence-electron chi connectivity index (χ4n) is 6.73. The van der Waals surface area contributed by atoms with Gasteiger partial charge in [0.2, 0.25) is 5.91 Å². The molecular weight excluding hydrogens is 678 g/mol. The van der Waals surface area contributed by atoms with Crippen LogP contribution < -0.4 is 11.1 Å². The molecule has 0 bridgehead atoms. The van der Waals surface area contributed by atoms with Gasteiger partial charge in [-0.05, 0) is 43.0 Å². The molecule has 2 aliphatic heterocycles. The molecule has 2 fully saturated rings. The Hall–Kier alpha value is -5.80. The lowest BCUT2D eigenvalue weighted by Crippen LogP contribution is -2.48. The number of hydrogen-bond donors (Lipinski definition) is 4. The number of nitrogens with one attached hydrogen (secondary N) is 3. The van der Waals surface area contributed by atoms with Gasteiger partial charge < -0.3 is 40.3 Å². The molecule has 0 unspecified atom stereocenters. The molecule has 0 spiro atoms. The van der Waals surface area contributed by atoms with Crippen molar-refractivity contribution in [3.8, 4) is 33.6 Å². The Morgan fingerprint density at radius 2 is 1.27 bits per heavy atom. The number of carbonyl (C=O) groups is 4. The van der Waals surface area contributed by atoms with E-state index in [0.717, 1.165) is 22.3 Å². The van der Waals surface area contributed by atoms with Gasteiger partial charge in [0, 0.05) is 12.8 Å². The number of alkyl halides is 2. The number of amides is 4. The van der Waals surface area contributed by atoms with Crippen molar-refractivity contribution in [1.29, 1.82) is 0 Å². The topological polar surface area (TPSA) is 189 Å². The van der Waals surface area contributed by atoms with E-state index in [2.05, 4.69) is 30.0 Å². The van der Waals surface area contributed by atoms with E-state index in [-0.39, 0.29) is 25.9 Å². The maximum Gasteiger partial charge on any atom is 0.407 e. The summed E-state index contributed by atoms with van der Waals surface area (Å²) in [6.07, 6.45) is -0.929. The molecule has 52 heavy (non-hydrogen) atoms. The first-order valence-corrected chi connectivity index (χ1v) is 16.8. The summed E-state index contributed by atoms with van der Waals surface area (Å²) in [5.74, 6) is -0.131. The molecule has 4 aromatic rings. The first-order chi connectivity index (χ1) is 24.7. The zero-order valence-corrected chi connectivity index (χ0v) is 29.1. The number of aromatic amines is 2. The van der Waals surface area contributed by atoms with Crippen LogP contribution >= 0.6 is 0 Å². The molecule has 2 saturated heterocycles. The number of benzene rings is 2. The van der Waals surface area contributed by atoms with E-state index in [1.54, 1.807) is 12.4 Å². The van der Waals surface area contributed by atoms with Crippen molar-refractivity contribution in [2.75, 3.05) is 20.2 Å². The number of rotatable bonds is 9. The Kier molecular flexibility index (Phi) is 10.00. The third kappa shape index (κ3) is 7.45. The third-order valence-electron chi connectivity index (χ3n) is 9.35.